The number of fused-ring (bicyclic) bond motifs is 1. The van der Waals surface area contributed by atoms with Crippen molar-refractivity contribution in [1.82, 2.24) is 30.0 Å². The summed E-state index contributed by atoms with van der Waals surface area (Å²) in [7, 11) is 0. The maximum absolute atomic E-state index is 4.75. The normalized spacial score (nSPS) is 12.7. The quantitative estimate of drug-likeness (QED) is 0.546. The zero-order valence-corrected chi connectivity index (χ0v) is 16.1. The lowest BCUT2D eigenvalue weighted by Crippen LogP contribution is -2.00. The van der Waals surface area contributed by atoms with E-state index in [1.54, 1.807) is 12.4 Å². The summed E-state index contributed by atoms with van der Waals surface area (Å²) in [5, 5.41) is 11.4. The van der Waals surface area contributed by atoms with E-state index >= 15 is 0 Å². The van der Waals surface area contributed by atoms with Crippen LogP contribution in [0.4, 0.5) is 11.6 Å². The Morgan fingerprint density at radius 3 is 2.90 bits per heavy atom. The predicted octanol–water partition coefficient (Wildman–Crippen LogP) is 3.77. The highest BCUT2D eigenvalue weighted by molar-refractivity contribution is 5.78. The van der Waals surface area contributed by atoms with Crippen molar-refractivity contribution in [2.45, 2.75) is 26.6 Å². The molecule has 0 aliphatic carbocycles. The van der Waals surface area contributed by atoms with Crippen LogP contribution >= 0.6 is 0 Å². The molecule has 144 valence electrons. The van der Waals surface area contributed by atoms with Gasteiger partial charge in [0, 0.05) is 61.2 Å². The minimum atomic E-state index is 0.565. The first-order valence-electron chi connectivity index (χ1n) is 9.71. The first-order valence-corrected chi connectivity index (χ1v) is 9.71. The van der Waals surface area contributed by atoms with Crippen LogP contribution in [0.3, 0.4) is 0 Å². The highest BCUT2D eigenvalue weighted by atomic mass is 15.3. The molecule has 7 nitrogen and oxygen atoms in total. The molecule has 2 N–H and O–H groups in total. The lowest BCUT2D eigenvalue weighted by atomic mass is 10.1. The van der Waals surface area contributed by atoms with Crippen molar-refractivity contribution in [3.63, 3.8) is 0 Å². The molecule has 1 aliphatic heterocycles. The van der Waals surface area contributed by atoms with Crippen LogP contribution < -0.4 is 10.6 Å². The van der Waals surface area contributed by atoms with Crippen LogP contribution in [0.5, 0.6) is 0 Å². The Balaban J connectivity index is 1.49. The zero-order chi connectivity index (χ0) is 19.6. The second-order valence-electron chi connectivity index (χ2n) is 6.97. The molecule has 0 bridgehead atoms. The topological polar surface area (TPSA) is 80.5 Å². The Labute approximate surface area is 168 Å². The highest BCUT2D eigenvalue weighted by Gasteiger charge is 2.15. The van der Waals surface area contributed by atoms with E-state index in [4.69, 9.17) is 10.1 Å². The molecular weight excluding hydrogens is 362 g/mol. The van der Waals surface area contributed by atoms with Gasteiger partial charge in [0.25, 0.3) is 0 Å². The van der Waals surface area contributed by atoms with Crippen molar-refractivity contribution in [3.8, 4) is 22.5 Å². The van der Waals surface area contributed by atoms with Crippen LogP contribution in [0.1, 0.15) is 18.1 Å². The molecule has 0 atom stereocenters. The molecule has 0 radical (unpaired) electrons. The third-order valence-corrected chi connectivity index (χ3v) is 5.05. The number of hydrogen-bond donors (Lipinski definition) is 2. The number of benzene rings is 1. The van der Waals surface area contributed by atoms with E-state index < -0.39 is 0 Å². The van der Waals surface area contributed by atoms with Gasteiger partial charge in [0.15, 0.2) is 0 Å². The summed E-state index contributed by atoms with van der Waals surface area (Å²) in [6.45, 7) is 4.68. The number of pyridine rings is 1. The van der Waals surface area contributed by atoms with Gasteiger partial charge in [-0.25, -0.2) is 9.97 Å². The maximum atomic E-state index is 4.75. The van der Waals surface area contributed by atoms with Crippen LogP contribution in [0.15, 0.2) is 61.2 Å². The summed E-state index contributed by atoms with van der Waals surface area (Å²) >= 11 is 0. The molecule has 1 aromatic carbocycles. The van der Waals surface area contributed by atoms with Gasteiger partial charge in [-0.1, -0.05) is 6.07 Å². The lowest BCUT2D eigenvalue weighted by molar-refractivity contribution is 0.662. The molecule has 3 aromatic heterocycles. The molecule has 1 aliphatic rings. The smallest absolute Gasteiger partial charge is 0.227 e. The van der Waals surface area contributed by atoms with Gasteiger partial charge < -0.3 is 10.6 Å². The summed E-state index contributed by atoms with van der Waals surface area (Å²) in [5.74, 6) is 0.565. The van der Waals surface area contributed by atoms with E-state index in [2.05, 4.69) is 45.7 Å². The highest BCUT2D eigenvalue weighted by Crippen LogP contribution is 2.30. The molecular formula is C22H21N7. The van der Waals surface area contributed by atoms with E-state index in [9.17, 15) is 0 Å². The van der Waals surface area contributed by atoms with Gasteiger partial charge in [-0.05, 0) is 48.4 Å². The third-order valence-electron chi connectivity index (χ3n) is 5.05. The van der Waals surface area contributed by atoms with Crippen molar-refractivity contribution < 1.29 is 0 Å². The summed E-state index contributed by atoms with van der Waals surface area (Å²) in [6.07, 6.45) is 7.38. The molecule has 0 spiro atoms. The van der Waals surface area contributed by atoms with Crippen molar-refractivity contribution in [2.75, 3.05) is 5.32 Å². The maximum Gasteiger partial charge on any atom is 0.227 e. The van der Waals surface area contributed by atoms with Gasteiger partial charge in [-0.15, -0.1) is 0 Å². The molecule has 0 saturated heterocycles. The second kappa shape index (κ2) is 7.44. The van der Waals surface area contributed by atoms with Gasteiger partial charge in [0.05, 0.1) is 5.69 Å². The van der Waals surface area contributed by atoms with Crippen molar-refractivity contribution in [1.29, 1.82) is 0 Å². The fourth-order valence-electron chi connectivity index (χ4n) is 3.56. The molecule has 7 heteroatoms. The number of aromatic nitrogens is 5. The Hall–Kier alpha value is -3.58. The molecule has 4 heterocycles. The van der Waals surface area contributed by atoms with Crippen molar-refractivity contribution in [3.05, 3.63) is 72.3 Å². The van der Waals surface area contributed by atoms with E-state index in [-0.39, 0.29) is 0 Å². The minimum absolute atomic E-state index is 0.565. The standard InChI is InChI=1S/C22H21N7/c1-2-29-14-19(21(28-29)16-4-3-8-23-12-16)20-7-9-25-22(27-20)26-18-6-5-15-11-24-13-17(15)10-18/h3-10,12,14,24H,2,11,13H2,1H3,(H,25,26,27). The van der Waals surface area contributed by atoms with E-state index in [0.29, 0.717) is 5.95 Å². The molecule has 0 unspecified atom stereocenters. The first kappa shape index (κ1) is 17.5. The Bertz CT molecular complexity index is 1150. The summed E-state index contributed by atoms with van der Waals surface area (Å²) in [5.41, 5.74) is 7.27. The molecule has 4 aromatic rings. The Morgan fingerprint density at radius 1 is 1.10 bits per heavy atom. The molecule has 0 saturated carbocycles. The van der Waals surface area contributed by atoms with Crippen LogP contribution in [0.25, 0.3) is 22.5 Å². The average molecular weight is 383 g/mol. The molecule has 0 amide bonds. The van der Waals surface area contributed by atoms with E-state index in [0.717, 1.165) is 47.8 Å². The second-order valence-corrected chi connectivity index (χ2v) is 6.97. The zero-order valence-electron chi connectivity index (χ0n) is 16.1. The number of aryl methyl sites for hydroxylation is 1. The number of hydrogen-bond acceptors (Lipinski definition) is 6. The minimum Gasteiger partial charge on any atom is -0.324 e. The largest absolute Gasteiger partial charge is 0.324 e. The lowest BCUT2D eigenvalue weighted by Gasteiger charge is -2.08. The number of nitrogens with one attached hydrogen (secondary N) is 2. The third kappa shape index (κ3) is 3.48. The van der Waals surface area contributed by atoms with E-state index in [1.165, 1.54) is 11.1 Å². The van der Waals surface area contributed by atoms with Gasteiger partial charge in [-0.3, -0.25) is 9.67 Å². The number of rotatable bonds is 5. The van der Waals surface area contributed by atoms with Gasteiger partial charge in [-0.2, -0.15) is 5.10 Å². The molecule has 0 fully saturated rings. The van der Waals surface area contributed by atoms with Crippen molar-refractivity contribution in [2.24, 2.45) is 0 Å². The van der Waals surface area contributed by atoms with Crippen LogP contribution in [-0.2, 0) is 19.6 Å². The van der Waals surface area contributed by atoms with Crippen LogP contribution in [-0.4, -0.2) is 24.7 Å². The first-order chi connectivity index (χ1) is 14.3. The fourth-order valence-corrected chi connectivity index (χ4v) is 3.56. The van der Waals surface area contributed by atoms with Gasteiger partial charge in [0.2, 0.25) is 5.95 Å². The summed E-state index contributed by atoms with van der Waals surface area (Å²) in [4.78, 5) is 13.4. The van der Waals surface area contributed by atoms with Crippen LogP contribution in [0, 0.1) is 0 Å². The summed E-state index contributed by atoms with van der Waals surface area (Å²) < 4.78 is 1.92. The predicted molar refractivity (Wildman–Crippen MR) is 112 cm³/mol. The Kier molecular flexibility index (Phi) is 4.50. The molecule has 5 rings (SSSR count). The Morgan fingerprint density at radius 2 is 2.03 bits per heavy atom. The van der Waals surface area contributed by atoms with Gasteiger partial charge >= 0.3 is 0 Å². The van der Waals surface area contributed by atoms with E-state index in [1.807, 2.05) is 35.3 Å². The summed E-state index contributed by atoms with van der Waals surface area (Å²) in [6, 6.07) is 12.2. The van der Waals surface area contributed by atoms with Crippen LogP contribution in [0.2, 0.25) is 0 Å². The monoisotopic (exact) mass is 383 g/mol. The fraction of sp³-hybridized carbons (Fsp3) is 0.182. The SMILES string of the molecule is CCn1cc(-c2ccnc(Nc3ccc4c(c3)CNC4)n2)c(-c2cccnc2)n1. The number of nitrogens with zero attached hydrogens (tertiary/aromatic N) is 5. The van der Waals surface area contributed by atoms with Crippen molar-refractivity contribution >= 4 is 11.6 Å². The molecule has 29 heavy (non-hydrogen) atoms. The van der Waals surface area contributed by atoms with Gasteiger partial charge in [0.1, 0.15) is 5.69 Å². The average Bonchev–Trinajstić information content (AvgIpc) is 3.41. The number of anilines is 2.